The highest BCUT2D eigenvalue weighted by Gasteiger charge is 2.24. The molecule has 0 unspecified atom stereocenters. The van der Waals surface area contributed by atoms with Crippen LogP contribution in [0, 0.1) is 18.3 Å². The van der Waals surface area contributed by atoms with Crippen LogP contribution in [0.4, 0.5) is 0 Å². The van der Waals surface area contributed by atoms with E-state index >= 15 is 0 Å². The van der Waals surface area contributed by atoms with Crippen LogP contribution in [0.3, 0.4) is 0 Å². The van der Waals surface area contributed by atoms with Crippen LogP contribution in [0.15, 0.2) is 75.4 Å². The summed E-state index contributed by atoms with van der Waals surface area (Å²) in [6.45, 7) is 1.75. The van der Waals surface area contributed by atoms with Crippen LogP contribution in [-0.4, -0.2) is 17.8 Å². The molecular formula is C24H14Cl3N3O4S. The number of allylic oxidation sites excluding steroid dienone is 1. The van der Waals surface area contributed by atoms with Gasteiger partial charge in [-0.3, -0.25) is 9.20 Å². The van der Waals surface area contributed by atoms with E-state index in [1.54, 1.807) is 25.1 Å². The number of rotatable bonds is 5. The van der Waals surface area contributed by atoms with Gasteiger partial charge in [0, 0.05) is 16.2 Å². The second kappa shape index (κ2) is 9.72. The molecule has 0 amide bonds. The van der Waals surface area contributed by atoms with Gasteiger partial charge in [0.25, 0.3) is 5.56 Å². The van der Waals surface area contributed by atoms with Crippen molar-refractivity contribution in [2.75, 3.05) is 0 Å². The molecule has 2 aromatic carbocycles. The van der Waals surface area contributed by atoms with Gasteiger partial charge < -0.3 is 4.74 Å². The van der Waals surface area contributed by atoms with Crippen molar-refractivity contribution in [1.29, 1.82) is 5.26 Å². The SMILES string of the molecule is Cc1cccn2c(=O)c(/C=C(\C#N)S(=O)(=O)c3ccc(Cl)cc3)c(Oc3ccc(Cl)cc3Cl)nc12. The molecule has 35 heavy (non-hydrogen) atoms. The normalized spacial score (nSPS) is 11.9. The minimum Gasteiger partial charge on any atom is -0.437 e. The average molecular weight is 547 g/mol. The Hall–Kier alpha value is -3.35. The molecule has 2 aromatic heterocycles. The van der Waals surface area contributed by atoms with E-state index in [0.717, 1.165) is 6.08 Å². The highest BCUT2D eigenvalue weighted by molar-refractivity contribution is 7.95. The Labute approximate surface area is 215 Å². The first kappa shape index (κ1) is 24.8. The lowest BCUT2D eigenvalue weighted by Gasteiger charge is -2.12. The van der Waals surface area contributed by atoms with E-state index in [9.17, 15) is 18.5 Å². The zero-order valence-electron chi connectivity index (χ0n) is 17.9. The summed E-state index contributed by atoms with van der Waals surface area (Å²) in [6.07, 6.45) is 2.42. The van der Waals surface area contributed by atoms with Gasteiger partial charge in [0.05, 0.1) is 9.92 Å². The summed E-state index contributed by atoms with van der Waals surface area (Å²) in [6, 6.07) is 14.8. The summed E-state index contributed by atoms with van der Waals surface area (Å²) < 4.78 is 33.3. The molecule has 7 nitrogen and oxygen atoms in total. The molecule has 0 radical (unpaired) electrons. The molecule has 11 heteroatoms. The van der Waals surface area contributed by atoms with Gasteiger partial charge >= 0.3 is 0 Å². The van der Waals surface area contributed by atoms with Crippen molar-refractivity contribution in [1.82, 2.24) is 9.38 Å². The first-order valence-corrected chi connectivity index (χ1v) is 12.5. The molecule has 0 spiro atoms. The molecule has 2 heterocycles. The summed E-state index contributed by atoms with van der Waals surface area (Å²) in [5.74, 6) is -0.0952. The Kier molecular flexibility index (Phi) is 6.88. The number of benzene rings is 2. The number of aromatic nitrogens is 2. The number of ether oxygens (including phenoxy) is 1. The first-order chi connectivity index (χ1) is 16.6. The lowest BCUT2D eigenvalue weighted by atomic mass is 10.2. The van der Waals surface area contributed by atoms with Crippen LogP contribution in [0.25, 0.3) is 11.7 Å². The second-order valence-corrected chi connectivity index (χ2v) is 10.5. The van der Waals surface area contributed by atoms with Crippen LogP contribution in [0.5, 0.6) is 11.6 Å². The molecule has 4 rings (SSSR count). The van der Waals surface area contributed by atoms with Crippen molar-refractivity contribution in [3.05, 3.63) is 102 Å². The van der Waals surface area contributed by atoms with Gasteiger partial charge in [-0.1, -0.05) is 40.9 Å². The molecule has 0 N–H and O–H groups in total. The van der Waals surface area contributed by atoms with Crippen LogP contribution in [0.2, 0.25) is 15.1 Å². The Morgan fingerprint density at radius 3 is 2.43 bits per heavy atom. The standard InChI is InChI=1S/C24H14Cl3N3O4S/c1-14-3-2-10-30-22(14)29-23(34-21-9-6-16(26)11-20(21)27)19(24(30)31)12-18(13-28)35(32,33)17-7-4-15(25)5-8-17/h2-12H,1H3/b18-12+. The van der Waals surface area contributed by atoms with Gasteiger partial charge in [-0.15, -0.1) is 0 Å². The van der Waals surface area contributed by atoms with Gasteiger partial charge in [0.15, 0.2) is 0 Å². The molecule has 0 aliphatic rings. The number of sulfone groups is 1. The van der Waals surface area contributed by atoms with Crippen LogP contribution >= 0.6 is 34.8 Å². The Balaban J connectivity index is 1.97. The summed E-state index contributed by atoms with van der Waals surface area (Å²) >= 11 is 18.0. The van der Waals surface area contributed by atoms with E-state index in [4.69, 9.17) is 39.5 Å². The molecule has 4 aromatic rings. The molecule has 176 valence electrons. The minimum atomic E-state index is -4.28. The number of aryl methyl sites for hydroxylation is 1. The number of nitriles is 1. The summed E-state index contributed by atoms with van der Waals surface area (Å²) in [7, 11) is -4.28. The molecular weight excluding hydrogens is 533 g/mol. The van der Waals surface area contributed by atoms with Crippen LogP contribution < -0.4 is 10.3 Å². The third-order valence-electron chi connectivity index (χ3n) is 4.95. The van der Waals surface area contributed by atoms with Crippen molar-refractivity contribution in [2.45, 2.75) is 11.8 Å². The van der Waals surface area contributed by atoms with Gasteiger partial charge in [-0.05, 0) is 67.1 Å². The van der Waals surface area contributed by atoms with E-state index in [0.29, 0.717) is 15.6 Å². The van der Waals surface area contributed by atoms with E-state index in [2.05, 4.69) is 4.98 Å². The Morgan fingerprint density at radius 1 is 1.09 bits per heavy atom. The Bertz CT molecular complexity index is 1710. The number of halogens is 3. The molecule has 0 aliphatic carbocycles. The summed E-state index contributed by atoms with van der Waals surface area (Å²) in [4.78, 5) is 17.0. The fraction of sp³-hybridized carbons (Fsp3) is 0.0417. The number of pyridine rings is 1. The van der Waals surface area contributed by atoms with Crippen LogP contribution in [-0.2, 0) is 9.84 Å². The van der Waals surface area contributed by atoms with Crippen molar-refractivity contribution in [3.8, 4) is 17.7 Å². The highest BCUT2D eigenvalue weighted by Crippen LogP contribution is 2.33. The zero-order chi connectivity index (χ0) is 25.3. The predicted octanol–water partition coefficient (Wildman–Crippen LogP) is 6.09. The van der Waals surface area contributed by atoms with E-state index in [1.165, 1.54) is 53.1 Å². The van der Waals surface area contributed by atoms with Gasteiger partial charge in [0.1, 0.15) is 27.9 Å². The highest BCUT2D eigenvalue weighted by atomic mass is 35.5. The lowest BCUT2D eigenvalue weighted by molar-refractivity contribution is 0.461. The average Bonchev–Trinajstić information content (AvgIpc) is 2.81. The minimum absolute atomic E-state index is 0.134. The topological polar surface area (TPSA) is 102 Å². The largest absolute Gasteiger partial charge is 0.437 e. The fourth-order valence-electron chi connectivity index (χ4n) is 3.20. The molecule has 0 aliphatic heterocycles. The second-order valence-electron chi connectivity index (χ2n) is 7.28. The fourth-order valence-corrected chi connectivity index (χ4v) is 4.91. The summed E-state index contributed by atoms with van der Waals surface area (Å²) in [5, 5.41) is 10.6. The molecule has 0 saturated carbocycles. The third kappa shape index (κ3) is 4.90. The van der Waals surface area contributed by atoms with E-state index < -0.39 is 20.3 Å². The number of hydrogen-bond donors (Lipinski definition) is 0. The maximum absolute atomic E-state index is 13.4. The van der Waals surface area contributed by atoms with Crippen molar-refractivity contribution in [2.24, 2.45) is 0 Å². The van der Waals surface area contributed by atoms with Crippen molar-refractivity contribution >= 4 is 56.4 Å². The molecule has 0 atom stereocenters. The smallest absolute Gasteiger partial charge is 0.269 e. The maximum atomic E-state index is 13.4. The van der Waals surface area contributed by atoms with Gasteiger partial charge in [0.2, 0.25) is 15.7 Å². The lowest BCUT2D eigenvalue weighted by Crippen LogP contribution is -2.20. The van der Waals surface area contributed by atoms with Crippen molar-refractivity contribution < 1.29 is 13.2 Å². The third-order valence-corrected chi connectivity index (χ3v) is 7.41. The quantitative estimate of drug-likeness (QED) is 0.281. The van der Waals surface area contributed by atoms with E-state index in [-0.39, 0.29) is 32.8 Å². The molecule has 0 saturated heterocycles. The number of hydrogen-bond acceptors (Lipinski definition) is 6. The van der Waals surface area contributed by atoms with Gasteiger partial charge in [-0.2, -0.15) is 10.2 Å². The zero-order valence-corrected chi connectivity index (χ0v) is 21.0. The number of fused-ring (bicyclic) bond motifs is 1. The number of nitrogens with zero attached hydrogens (tertiary/aromatic N) is 3. The summed E-state index contributed by atoms with van der Waals surface area (Å²) in [5.41, 5.74) is 0.0568. The maximum Gasteiger partial charge on any atom is 0.269 e. The monoisotopic (exact) mass is 545 g/mol. The van der Waals surface area contributed by atoms with Crippen molar-refractivity contribution in [3.63, 3.8) is 0 Å². The predicted molar refractivity (Wildman–Crippen MR) is 135 cm³/mol. The Morgan fingerprint density at radius 2 is 1.77 bits per heavy atom. The molecule has 0 bridgehead atoms. The van der Waals surface area contributed by atoms with Gasteiger partial charge in [-0.25, -0.2) is 8.42 Å². The molecule has 0 fully saturated rings. The van der Waals surface area contributed by atoms with Crippen LogP contribution in [0.1, 0.15) is 11.1 Å². The van der Waals surface area contributed by atoms with E-state index in [1.807, 2.05) is 0 Å². The first-order valence-electron chi connectivity index (χ1n) is 9.89.